The van der Waals surface area contributed by atoms with Crippen LogP contribution in [0.5, 0.6) is 0 Å². The molecule has 3 aromatic rings. The first-order valence-corrected chi connectivity index (χ1v) is 15.6. The second-order valence-electron chi connectivity index (χ2n) is 9.38. The van der Waals surface area contributed by atoms with E-state index in [0.717, 1.165) is 16.1 Å². The number of nitrogens with zero attached hydrogens (tertiary/aromatic N) is 2. The molecule has 0 aliphatic heterocycles. The van der Waals surface area contributed by atoms with Crippen molar-refractivity contribution in [1.29, 1.82) is 0 Å². The minimum atomic E-state index is -3.85. The normalized spacial score (nSPS) is 12.2. The Morgan fingerprint density at radius 1 is 0.974 bits per heavy atom. The zero-order valence-corrected chi connectivity index (χ0v) is 25.7. The zero-order valence-electron chi connectivity index (χ0n) is 21.8. The fourth-order valence-corrected chi connectivity index (χ4v) is 5.71. The molecule has 39 heavy (non-hydrogen) atoms. The van der Waals surface area contributed by atoms with E-state index in [1.165, 1.54) is 4.90 Å². The number of anilines is 1. The van der Waals surface area contributed by atoms with Gasteiger partial charge in [0.25, 0.3) is 0 Å². The molecule has 0 aliphatic carbocycles. The quantitative estimate of drug-likeness (QED) is 0.288. The second-order valence-corrected chi connectivity index (χ2v) is 13.0. The van der Waals surface area contributed by atoms with Crippen molar-refractivity contribution in [3.63, 3.8) is 0 Å². The van der Waals surface area contributed by atoms with Crippen molar-refractivity contribution in [2.24, 2.45) is 0 Å². The summed E-state index contributed by atoms with van der Waals surface area (Å²) in [5.74, 6) is -0.924. The molecule has 11 heteroatoms. The van der Waals surface area contributed by atoms with Crippen LogP contribution in [0.3, 0.4) is 0 Å². The van der Waals surface area contributed by atoms with E-state index in [2.05, 4.69) is 21.2 Å². The molecule has 0 aromatic heterocycles. The molecular weight excluding hydrogens is 625 g/mol. The molecule has 0 heterocycles. The Morgan fingerprint density at radius 2 is 1.67 bits per heavy atom. The summed E-state index contributed by atoms with van der Waals surface area (Å²) in [4.78, 5) is 28.9. The summed E-state index contributed by atoms with van der Waals surface area (Å²) in [6, 6.07) is 19.7. The van der Waals surface area contributed by atoms with Crippen molar-refractivity contribution >= 4 is 66.7 Å². The molecule has 1 atom stereocenters. The fourth-order valence-electron chi connectivity index (χ4n) is 4.01. The topological polar surface area (TPSA) is 86.8 Å². The lowest BCUT2D eigenvalue weighted by molar-refractivity contribution is -0.140. The Kier molecular flexibility index (Phi) is 10.8. The van der Waals surface area contributed by atoms with E-state index in [9.17, 15) is 18.0 Å². The minimum Gasteiger partial charge on any atom is -0.352 e. The lowest BCUT2D eigenvalue weighted by atomic mass is 10.0. The van der Waals surface area contributed by atoms with Gasteiger partial charge >= 0.3 is 0 Å². The van der Waals surface area contributed by atoms with Crippen LogP contribution in [-0.2, 0) is 32.6 Å². The number of sulfonamides is 1. The smallest absolute Gasteiger partial charge is 0.244 e. The van der Waals surface area contributed by atoms with Crippen molar-refractivity contribution < 1.29 is 18.0 Å². The number of amides is 2. The average Bonchev–Trinajstić information content (AvgIpc) is 2.85. The highest BCUT2D eigenvalue weighted by Gasteiger charge is 2.33. The predicted octanol–water partition coefficient (Wildman–Crippen LogP) is 5.69. The summed E-state index contributed by atoms with van der Waals surface area (Å²) in [7, 11) is -3.85. The van der Waals surface area contributed by atoms with Crippen molar-refractivity contribution in [1.82, 2.24) is 10.2 Å². The zero-order chi connectivity index (χ0) is 28.7. The molecule has 0 saturated carbocycles. The molecule has 3 aromatic carbocycles. The predicted molar refractivity (Wildman–Crippen MR) is 161 cm³/mol. The Bertz CT molecular complexity index is 1420. The first-order chi connectivity index (χ1) is 18.3. The van der Waals surface area contributed by atoms with Crippen LogP contribution in [0.4, 0.5) is 5.69 Å². The van der Waals surface area contributed by atoms with Gasteiger partial charge in [-0.05, 0) is 55.3 Å². The molecule has 208 valence electrons. The molecular formula is C28H30BrCl2N3O4S. The Labute approximate surface area is 248 Å². The first-order valence-electron chi connectivity index (χ1n) is 12.2. The van der Waals surface area contributed by atoms with E-state index >= 15 is 0 Å². The van der Waals surface area contributed by atoms with E-state index < -0.39 is 28.5 Å². The molecule has 0 aliphatic rings. The summed E-state index contributed by atoms with van der Waals surface area (Å²) in [5, 5.41) is 3.66. The van der Waals surface area contributed by atoms with Crippen molar-refractivity contribution in [2.75, 3.05) is 17.1 Å². The highest BCUT2D eigenvalue weighted by atomic mass is 79.9. The van der Waals surface area contributed by atoms with Gasteiger partial charge in [-0.15, -0.1) is 0 Å². The molecule has 0 saturated heterocycles. The first kappa shape index (κ1) is 30.9. The van der Waals surface area contributed by atoms with Gasteiger partial charge in [-0.25, -0.2) is 8.42 Å². The molecule has 0 fully saturated rings. The summed E-state index contributed by atoms with van der Waals surface area (Å²) in [6.45, 7) is 3.12. The number of hydrogen-bond acceptors (Lipinski definition) is 4. The van der Waals surface area contributed by atoms with Gasteiger partial charge in [0.15, 0.2) is 0 Å². The lowest BCUT2D eigenvalue weighted by Gasteiger charge is -2.34. The second kappa shape index (κ2) is 13.7. The summed E-state index contributed by atoms with van der Waals surface area (Å²) in [6.07, 6.45) is 1.25. The molecule has 1 N–H and O–H groups in total. The molecule has 0 spiro atoms. The minimum absolute atomic E-state index is 0.0338. The number of rotatable bonds is 11. The standard InChI is InChI=1S/C28H30BrCl2N3O4S/c1-19(2)32-28(36)26(14-20-8-5-4-6-9-20)33(17-21-12-13-23(30)16-25(21)31)27(35)18-34(39(3,37)38)24-11-7-10-22(29)15-24/h4-13,15-16,19,26H,14,17-18H2,1-3H3,(H,32,36)/t26-/m0/s1. The maximum absolute atomic E-state index is 14.0. The maximum Gasteiger partial charge on any atom is 0.244 e. The lowest BCUT2D eigenvalue weighted by Crippen LogP contribution is -2.54. The average molecular weight is 655 g/mol. The van der Waals surface area contributed by atoms with Gasteiger partial charge in [0.2, 0.25) is 21.8 Å². The van der Waals surface area contributed by atoms with Crippen LogP contribution < -0.4 is 9.62 Å². The van der Waals surface area contributed by atoms with E-state index in [1.807, 2.05) is 44.2 Å². The van der Waals surface area contributed by atoms with Crippen molar-refractivity contribution in [3.05, 3.63) is 98.4 Å². The van der Waals surface area contributed by atoms with Gasteiger partial charge in [-0.2, -0.15) is 0 Å². The van der Waals surface area contributed by atoms with Crippen LogP contribution in [0.15, 0.2) is 77.3 Å². The molecule has 0 bridgehead atoms. The molecule has 0 unspecified atom stereocenters. The highest BCUT2D eigenvalue weighted by Crippen LogP contribution is 2.26. The van der Waals surface area contributed by atoms with Gasteiger partial charge in [0, 0.05) is 33.5 Å². The van der Waals surface area contributed by atoms with Crippen LogP contribution in [0, 0.1) is 0 Å². The maximum atomic E-state index is 14.0. The molecule has 7 nitrogen and oxygen atoms in total. The van der Waals surface area contributed by atoms with E-state index in [0.29, 0.717) is 25.8 Å². The largest absolute Gasteiger partial charge is 0.352 e. The summed E-state index contributed by atoms with van der Waals surface area (Å²) in [5.41, 5.74) is 1.72. The van der Waals surface area contributed by atoms with Gasteiger partial charge < -0.3 is 10.2 Å². The van der Waals surface area contributed by atoms with Crippen LogP contribution in [0.2, 0.25) is 10.0 Å². The van der Waals surface area contributed by atoms with Gasteiger partial charge in [-0.3, -0.25) is 13.9 Å². The van der Waals surface area contributed by atoms with E-state index in [4.69, 9.17) is 23.2 Å². The van der Waals surface area contributed by atoms with Gasteiger partial charge in [0.1, 0.15) is 12.6 Å². The third-order valence-corrected chi connectivity index (χ3v) is 8.05. The number of carbonyl (C=O) groups is 2. The van der Waals surface area contributed by atoms with E-state index in [-0.39, 0.29) is 24.9 Å². The molecule has 3 rings (SSSR count). The number of nitrogens with one attached hydrogen (secondary N) is 1. The summed E-state index contributed by atoms with van der Waals surface area (Å²) >= 11 is 15.9. The molecule has 2 amide bonds. The van der Waals surface area contributed by atoms with Crippen LogP contribution in [0.25, 0.3) is 0 Å². The highest BCUT2D eigenvalue weighted by molar-refractivity contribution is 9.10. The Hall–Kier alpha value is -2.59. The van der Waals surface area contributed by atoms with Crippen molar-refractivity contribution in [2.45, 2.75) is 38.9 Å². The fraction of sp³-hybridized carbons (Fsp3) is 0.286. The van der Waals surface area contributed by atoms with Crippen LogP contribution in [0.1, 0.15) is 25.0 Å². The number of carbonyl (C=O) groups excluding carboxylic acids is 2. The third kappa shape index (κ3) is 8.96. The van der Waals surface area contributed by atoms with Crippen LogP contribution in [-0.4, -0.2) is 50.0 Å². The monoisotopic (exact) mass is 653 g/mol. The number of hydrogen-bond donors (Lipinski definition) is 1. The van der Waals surface area contributed by atoms with Crippen LogP contribution >= 0.6 is 39.1 Å². The third-order valence-electron chi connectivity index (χ3n) is 5.83. The number of benzene rings is 3. The van der Waals surface area contributed by atoms with Gasteiger partial charge in [0.05, 0.1) is 11.9 Å². The van der Waals surface area contributed by atoms with Gasteiger partial charge in [-0.1, -0.05) is 81.6 Å². The van der Waals surface area contributed by atoms with Crippen molar-refractivity contribution in [3.8, 4) is 0 Å². The Morgan fingerprint density at radius 3 is 2.26 bits per heavy atom. The Balaban J connectivity index is 2.08. The molecule has 0 radical (unpaired) electrons. The van der Waals surface area contributed by atoms with E-state index in [1.54, 1.807) is 42.5 Å². The SMILES string of the molecule is CC(C)NC(=O)[C@H](Cc1ccccc1)N(Cc1ccc(Cl)cc1Cl)C(=O)CN(c1cccc(Br)c1)S(C)(=O)=O. The number of halogens is 3. The summed E-state index contributed by atoms with van der Waals surface area (Å²) < 4.78 is 27.3.